The van der Waals surface area contributed by atoms with Crippen molar-refractivity contribution in [1.29, 1.82) is 0 Å². The van der Waals surface area contributed by atoms with Gasteiger partial charge in [-0.2, -0.15) is 0 Å². The molecule has 2 aromatic rings. The summed E-state index contributed by atoms with van der Waals surface area (Å²) in [5.74, 6) is 0.123. The minimum Gasteiger partial charge on any atom is -0.495 e. The first kappa shape index (κ1) is 20.9. The molecule has 1 atom stereocenters. The molecular weight excluding hydrogens is 364 g/mol. The number of anilines is 1. The molecule has 1 heterocycles. The second-order valence-corrected chi connectivity index (χ2v) is 8.82. The molecule has 0 aromatic heterocycles. The Bertz CT molecular complexity index is 897. The van der Waals surface area contributed by atoms with Crippen molar-refractivity contribution >= 4 is 17.5 Å². The predicted molar refractivity (Wildman–Crippen MR) is 115 cm³/mol. The third kappa shape index (κ3) is 4.97. The Hall–Kier alpha value is -2.82. The second-order valence-electron chi connectivity index (χ2n) is 8.82. The number of carbonyl (C=O) groups is 2. The van der Waals surface area contributed by atoms with Crippen molar-refractivity contribution in [2.24, 2.45) is 5.92 Å². The van der Waals surface area contributed by atoms with Crippen molar-refractivity contribution in [3.63, 3.8) is 0 Å². The molecular formula is C24H30N2O3. The van der Waals surface area contributed by atoms with Gasteiger partial charge in [0.05, 0.1) is 18.7 Å². The number of carbonyl (C=O) groups excluding carboxylic acids is 2. The Morgan fingerprint density at radius 3 is 2.48 bits per heavy atom. The molecule has 5 nitrogen and oxygen atoms in total. The largest absolute Gasteiger partial charge is 0.495 e. The van der Waals surface area contributed by atoms with Crippen molar-refractivity contribution in [2.45, 2.75) is 46.1 Å². The molecule has 0 unspecified atom stereocenters. The summed E-state index contributed by atoms with van der Waals surface area (Å²) >= 11 is 0. The van der Waals surface area contributed by atoms with E-state index >= 15 is 0 Å². The van der Waals surface area contributed by atoms with Crippen molar-refractivity contribution < 1.29 is 14.3 Å². The Kier molecular flexibility index (Phi) is 5.96. The van der Waals surface area contributed by atoms with E-state index in [2.05, 4.69) is 26.1 Å². The number of ether oxygens (including phenoxy) is 1. The molecule has 0 spiro atoms. The van der Waals surface area contributed by atoms with E-state index in [0.717, 1.165) is 11.1 Å². The zero-order valence-corrected chi connectivity index (χ0v) is 17.9. The van der Waals surface area contributed by atoms with Gasteiger partial charge >= 0.3 is 0 Å². The van der Waals surface area contributed by atoms with E-state index < -0.39 is 0 Å². The van der Waals surface area contributed by atoms with Crippen LogP contribution >= 0.6 is 0 Å². The van der Waals surface area contributed by atoms with E-state index in [1.165, 1.54) is 5.56 Å². The smallest absolute Gasteiger partial charge is 0.229 e. The maximum Gasteiger partial charge on any atom is 0.229 e. The van der Waals surface area contributed by atoms with Gasteiger partial charge in [0.1, 0.15) is 5.75 Å². The average Bonchev–Trinajstić information content (AvgIpc) is 3.03. The molecule has 29 heavy (non-hydrogen) atoms. The minimum absolute atomic E-state index is 0.0149. The van der Waals surface area contributed by atoms with Gasteiger partial charge in [-0.1, -0.05) is 56.7 Å². The van der Waals surface area contributed by atoms with E-state index in [1.807, 2.05) is 49.4 Å². The van der Waals surface area contributed by atoms with E-state index in [4.69, 9.17) is 4.74 Å². The number of methoxy groups -OCH3 is 1. The van der Waals surface area contributed by atoms with Crippen LogP contribution in [0.25, 0.3) is 0 Å². The molecule has 0 saturated carbocycles. The molecule has 0 bridgehead atoms. The fraction of sp³-hybridized carbons (Fsp3) is 0.417. The van der Waals surface area contributed by atoms with Crippen molar-refractivity contribution in [1.82, 2.24) is 4.90 Å². The molecule has 0 radical (unpaired) electrons. The van der Waals surface area contributed by atoms with E-state index in [-0.39, 0.29) is 29.6 Å². The summed E-state index contributed by atoms with van der Waals surface area (Å²) in [6, 6.07) is 14.0. The maximum absolute atomic E-state index is 12.9. The van der Waals surface area contributed by atoms with Gasteiger partial charge in [0.15, 0.2) is 0 Å². The molecule has 1 N–H and O–H groups in total. The predicted octanol–water partition coefficient (Wildman–Crippen LogP) is 4.29. The normalized spacial score (nSPS) is 16.8. The van der Waals surface area contributed by atoms with Crippen molar-refractivity contribution in [2.75, 3.05) is 19.0 Å². The zero-order valence-electron chi connectivity index (χ0n) is 17.9. The summed E-state index contributed by atoms with van der Waals surface area (Å²) in [6.45, 7) is 9.37. The lowest BCUT2D eigenvalue weighted by Crippen LogP contribution is -2.28. The summed E-state index contributed by atoms with van der Waals surface area (Å²) in [4.78, 5) is 27.1. The first-order chi connectivity index (χ1) is 13.7. The SMILES string of the molecule is COc1ccc(C(C)(C)C)cc1NC(=O)[C@H]1CC(=O)N(Cc2ccc(C)cc2)C1. The highest BCUT2D eigenvalue weighted by atomic mass is 16.5. The Morgan fingerprint density at radius 2 is 1.86 bits per heavy atom. The number of benzene rings is 2. The molecule has 0 aliphatic carbocycles. The lowest BCUT2D eigenvalue weighted by Gasteiger charge is -2.22. The number of aryl methyl sites for hydroxylation is 1. The molecule has 154 valence electrons. The molecule has 2 amide bonds. The van der Waals surface area contributed by atoms with Crippen LogP contribution in [-0.4, -0.2) is 30.4 Å². The van der Waals surface area contributed by atoms with Crippen molar-refractivity contribution in [3.05, 3.63) is 59.2 Å². The fourth-order valence-electron chi connectivity index (χ4n) is 3.52. The van der Waals surface area contributed by atoms with Crippen LogP contribution in [0.2, 0.25) is 0 Å². The molecule has 1 fully saturated rings. The Morgan fingerprint density at radius 1 is 1.17 bits per heavy atom. The summed E-state index contributed by atoms with van der Waals surface area (Å²) in [5, 5.41) is 2.99. The third-order valence-electron chi connectivity index (χ3n) is 5.40. The number of nitrogens with zero attached hydrogens (tertiary/aromatic N) is 1. The second kappa shape index (κ2) is 8.27. The lowest BCUT2D eigenvalue weighted by molar-refractivity contribution is -0.128. The van der Waals surface area contributed by atoms with Crippen LogP contribution in [-0.2, 0) is 21.5 Å². The number of hydrogen-bond acceptors (Lipinski definition) is 3. The van der Waals surface area contributed by atoms with E-state index in [1.54, 1.807) is 12.0 Å². The van der Waals surface area contributed by atoms with Gasteiger partial charge < -0.3 is 15.0 Å². The number of nitrogens with one attached hydrogen (secondary N) is 1. The highest BCUT2D eigenvalue weighted by molar-refractivity contribution is 5.98. The van der Waals surface area contributed by atoms with Gasteiger partial charge in [-0.15, -0.1) is 0 Å². The van der Waals surface area contributed by atoms with Crippen LogP contribution in [0.15, 0.2) is 42.5 Å². The van der Waals surface area contributed by atoms with Gasteiger partial charge in [-0.05, 0) is 35.6 Å². The van der Waals surface area contributed by atoms with Gasteiger partial charge in [0.2, 0.25) is 11.8 Å². The quantitative estimate of drug-likeness (QED) is 0.823. The molecule has 1 saturated heterocycles. The summed E-state index contributed by atoms with van der Waals surface area (Å²) in [5.41, 5.74) is 3.97. The third-order valence-corrected chi connectivity index (χ3v) is 5.40. The van der Waals surface area contributed by atoms with E-state index in [9.17, 15) is 9.59 Å². The van der Waals surface area contributed by atoms with Crippen LogP contribution in [0.5, 0.6) is 5.75 Å². The van der Waals surface area contributed by atoms with Gasteiger partial charge in [0.25, 0.3) is 0 Å². The molecule has 3 rings (SSSR count). The fourth-order valence-corrected chi connectivity index (χ4v) is 3.52. The van der Waals surface area contributed by atoms with Gasteiger partial charge in [-0.3, -0.25) is 9.59 Å². The maximum atomic E-state index is 12.9. The Balaban J connectivity index is 1.70. The first-order valence-corrected chi connectivity index (χ1v) is 10.00. The first-order valence-electron chi connectivity index (χ1n) is 10.00. The summed E-state index contributed by atoms with van der Waals surface area (Å²) in [7, 11) is 1.59. The van der Waals surface area contributed by atoms with Gasteiger partial charge in [-0.25, -0.2) is 0 Å². The highest BCUT2D eigenvalue weighted by Crippen LogP contribution is 2.32. The minimum atomic E-state index is -0.365. The van der Waals surface area contributed by atoms with Crippen LogP contribution in [0, 0.1) is 12.8 Å². The topological polar surface area (TPSA) is 58.6 Å². The van der Waals surface area contributed by atoms with Gasteiger partial charge in [0, 0.05) is 19.5 Å². The molecule has 1 aliphatic heterocycles. The number of amides is 2. The standard InChI is InChI=1S/C24H30N2O3/c1-16-6-8-17(9-7-16)14-26-15-18(12-22(26)27)23(28)25-20-13-19(24(2,3)4)10-11-21(20)29-5/h6-11,13,18H,12,14-15H2,1-5H3,(H,25,28)/t18-/m0/s1. The average molecular weight is 395 g/mol. The number of likely N-dealkylation sites (tertiary alicyclic amines) is 1. The lowest BCUT2D eigenvalue weighted by atomic mass is 9.86. The van der Waals surface area contributed by atoms with Crippen LogP contribution < -0.4 is 10.1 Å². The van der Waals surface area contributed by atoms with Crippen LogP contribution in [0.1, 0.15) is 43.9 Å². The molecule has 1 aliphatic rings. The van der Waals surface area contributed by atoms with E-state index in [0.29, 0.717) is 24.5 Å². The molecule has 5 heteroatoms. The summed E-state index contributed by atoms with van der Waals surface area (Å²) < 4.78 is 5.42. The summed E-state index contributed by atoms with van der Waals surface area (Å²) in [6.07, 6.45) is 0.235. The van der Waals surface area contributed by atoms with Crippen molar-refractivity contribution in [3.8, 4) is 5.75 Å². The Labute approximate surface area is 173 Å². The molecule has 2 aromatic carbocycles. The highest BCUT2D eigenvalue weighted by Gasteiger charge is 2.34. The van der Waals surface area contributed by atoms with Crippen LogP contribution in [0.4, 0.5) is 5.69 Å². The number of hydrogen-bond donors (Lipinski definition) is 1. The number of rotatable bonds is 5. The zero-order chi connectivity index (χ0) is 21.2. The van der Waals surface area contributed by atoms with Crippen LogP contribution in [0.3, 0.4) is 0 Å². The monoisotopic (exact) mass is 394 g/mol.